The highest BCUT2D eigenvalue weighted by Gasteiger charge is 2.33. The van der Waals surface area contributed by atoms with Crippen molar-refractivity contribution < 1.29 is 5.11 Å². The molecule has 25 heavy (non-hydrogen) atoms. The molecule has 138 valence electrons. The van der Waals surface area contributed by atoms with Gasteiger partial charge in [-0.1, -0.05) is 57.0 Å². The van der Waals surface area contributed by atoms with Crippen LogP contribution in [0.15, 0.2) is 24.5 Å². The third-order valence-corrected chi connectivity index (χ3v) is 5.28. The fourth-order valence-corrected chi connectivity index (χ4v) is 3.74. The first-order valence-corrected chi connectivity index (χ1v) is 9.50. The molecule has 4 nitrogen and oxygen atoms in total. The van der Waals surface area contributed by atoms with E-state index in [2.05, 4.69) is 17.0 Å². The fraction of sp³-hybridized carbons (Fsp3) is 0.556. The Hall–Kier alpha value is -0.880. The van der Waals surface area contributed by atoms with Crippen molar-refractivity contribution in [3.63, 3.8) is 0 Å². The molecule has 0 aliphatic heterocycles. The minimum absolute atomic E-state index is 0.184. The summed E-state index contributed by atoms with van der Waals surface area (Å²) < 4.78 is 2.23. The maximum absolute atomic E-state index is 10.9. The van der Waals surface area contributed by atoms with Gasteiger partial charge in [0.1, 0.15) is 6.33 Å². The van der Waals surface area contributed by atoms with Gasteiger partial charge in [0.05, 0.1) is 12.1 Å². The standard InChI is InChI=1S/C18H25Cl2N3OS/c1-11(7-12-5-6-13(19)9-14(12)20)8-15(16(24)18(2,3)4)23-17(25)21-10-22-23/h5-6,9-11,15-16,24H,7-8H2,1-4H3,(H,21,22,25)/t11-,15-,16?/m1/s1. The van der Waals surface area contributed by atoms with Crippen molar-refractivity contribution in [3.8, 4) is 0 Å². The van der Waals surface area contributed by atoms with E-state index in [0.717, 1.165) is 18.4 Å². The van der Waals surface area contributed by atoms with E-state index in [1.165, 1.54) is 0 Å². The summed E-state index contributed by atoms with van der Waals surface area (Å²) in [7, 11) is 0. The molecule has 1 aromatic carbocycles. The summed E-state index contributed by atoms with van der Waals surface area (Å²) in [4.78, 5) is 4.09. The van der Waals surface area contributed by atoms with Crippen molar-refractivity contribution in [3.05, 3.63) is 44.9 Å². The highest BCUT2D eigenvalue weighted by molar-refractivity contribution is 7.71. The first-order chi connectivity index (χ1) is 11.6. The second-order valence-electron chi connectivity index (χ2n) is 7.70. The van der Waals surface area contributed by atoms with Gasteiger partial charge >= 0.3 is 0 Å². The van der Waals surface area contributed by atoms with Crippen LogP contribution in [-0.4, -0.2) is 26.0 Å². The normalized spacial score (nSPS) is 15.8. The quantitative estimate of drug-likeness (QED) is 0.631. The molecular weight excluding hydrogens is 377 g/mol. The van der Waals surface area contributed by atoms with E-state index < -0.39 is 6.10 Å². The first-order valence-electron chi connectivity index (χ1n) is 8.33. The molecule has 1 unspecified atom stereocenters. The van der Waals surface area contributed by atoms with Gasteiger partial charge in [0.15, 0.2) is 0 Å². The van der Waals surface area contributed by atoms with E-state index in [-0.39, 0.29) is 17.4 Å². The van der Waals surface area contributed by atoms with Crippen LogP contribution in [0.3, 0.4) is 0 Å². The zero-order valence-electron chi connectivity index (χ0n) is 15.0. The number of hydrogen-bond donors (Lipinski definition) is 2. The van der Waals surface area contributed by atoms with Crippen molar-refractivity contribution in [2.45, 2.75) is 52.7 Å². The van der Waals surface area contributed by atoms with Gasteiger partial charge in [0, 0.05) is 10.0 Å². The third kappa shape index (κ3) is 5.30. The minimum atomic E-state index is -0.567. The molecule has 0 saturated carbocycles. The van der Waals surface area contributed by atoms with Crippen LogP contribution in [0.4, 0.5) is 0 Å². The molecule has 0 bridgehead atoms. The van der Waals surface area contributed by atoms with Crippen LogP contribution in [-0.2, 0) is 6.42 Å². The number of benzene rings is 1. The maximum atomic E-state index is 10.9. The second-order valence-corrected chi connectivity index (χ2v) is 8.91. The predicted molar refractivity (Wildman–Crippen MR) is 106 cm³/mol. The monoisotopic (exact) mass is 401 g/mol. The highest BCUT2D eigenvalue weighted by atomic mass is 35.5. The zero-order valence-corrected chi connectivity index (χ0v) is 17.3. The topological polar surface area (TPSA) is 53.8 Å². The molecule has 0 fully saturated rings. The van der Waals surface area contributed by atoms with Gasteiger partial charge in [-0.2, -0.15) is 0 Å². The summed E-state index contributed by atoms with van der Waals surface area (Å²) in [6.07, 6.45) is 2.53. The lowest BCUT2D eigenvalue weighted by atomic mass is 9.81. The van der Waals surface area contributed by atoms with E-state index >= 15 is 0 Å². The third-order valence-electron chi connectivity index (χ3n) is 4.39. The molecule has 2 aromatic rings. The summed E-state index contributed by atoms with van der Waals surface area (Å²) in [6, 6.07) is 5.38. The highest BCUT2D eigenvalue weighted by Crippen LogP contribution is 2.34. The second kappa shape index (κ2) is 8.21. The van der Waals surface area contributed by atoms with E-state index in [4.69, 9.17) is 35.4 Å². The number of aromatic nitrogens is 3. The minimum Gasteiger partial charge on any atom is -0.390 e. The molecule has 1 heterocycles. The van der Waals surface area contributed by atoms with Gasteiger partial charge in [-0.3, -0.25) is 9.78 Å². The van der Waals surface area contributed by atoms with Gasteiger partial charge in [0.25, 0.3) is 0 Å². The van der Waals surface area contributed by atoms with Crippen LogP contribution in [0.5, 0.6) is 0 Å². The predicted octanol–water partition coefficient (Wildman–Crippen LogP) is 5.46. The molecule has 0 aliphatic rings. The van der Waals surface area contributed by atoms with Gasteiger partial charge in [0.2, 0.25) is 4.77 Å². The molecule has 0 spiro atoms. The lowest BCUT2D eigenvalue weighted by Crippen LogP contribution is -2.37. The Labute approximate surface area is 164 Å². The molecule has 1 aromatic heterocycles. The van der Waals surface area contributed by atoms with E-state index in [1.54, 1.807) is 17.1 Å². The lowest BCUT2D eigenvalue weighted by Gasteiger charge is -2.34. The lowest BCUT2D eigenvalue weighted by molar-refractivity contribution is 0.00389. The van der Waals surface area contributed by atoms with Crippen molar-refractivity contribution in [2.75, 3.05) is 0 Å². The molecule has 0 saturated heterocycles. The van der Waals surface area contributed by atoms with Crippen molar-refractivity contribution in [1.29, 1.82) is 0 Å². The number of aliphatic hydroxyl groups is 1. The smallest absolute Gasteiger partial charge is 0.216 e. The maximum Gasteiger partial charge on any atom is 0.216 e. The molecule has 0 radical (unpaired) electrons. The first kappa shape index (κ1) is 20.4. The number of nitrogens with zero attached hydrogens (tertiary/aromatic N) is 2. The Balaban J connectivity index is 2.21. The summed E-state index contributed by atoms with van der Waals surface area (Å²) in [5.74, 6) is 0.283. The summed E-state index contributed by atoms with van der Waals surface area (Å²) >= 11 is 17.6. The van der Waals surface area contributed by atoms with Gasteiger partial charge in [-0.05, 0) is 54.1 Å². The Kier molecular flexibility index (Phi) is 6.71. The Bertz CT molecular complexity index is 766. The van der Waals surface area contributed by atoms with Gasteiger partial charge < -0.3 is 5.11 Å². The fourth-order valence-electron chi connectivity index (χ4n) is 3.01. The van der Waals surface area contributed by atoms with Crippen LogP contribution < -0.4 is 0 Å². The zero-order chi connectivity index (χ0) is 18.8. The average Bonchev–Trinajstić information content (AvgIpc) is 2.92. The number of aliphatic hydroxyl groups excluding tert-OH is 1. The molecule has 2 N–H and O–H groups in total. The van der Waals surface area contributed by atoms with E-state index in [1.807, 2.05) is 32.9 Å². The van der Waals surface area contributed by atoms with Crippen LogP contribution in [0, 0.1) is 16.1 Å². The van der Waals surface area contributed by atoms with Crippen molar-refractivity contribution in [1.82, 2.24) is 14.8 Å². The molecule has 0 aliphatic carbocycles. The Morgan fingerprint density at radius 1 is 1.32 bits per heavy atom. The van der Waals surface area contributed by atoms with Crippen LogP contribution >= 0.6 is 35.4 Å². The van der Waals surface area contributed by atoms with Crippen molar-refractivity contribution in [2.24, 2.45) is 11.3 Å². The Morgan fingerprint density at radius 2 is 2.00 bits per heavy atom. The van der Waals surface area contributed by atoms with Crippen LogP contribution in [0.1, 0.15) is 45.7 Å². The van der Waals surface area contributed by atoms with Gasteiger partial charge in [-0.25, -0.2) is 4.98 Å². The molecule has 0 amide bonds. The summed E-state index contributed by atoms with van der Waals surface area (Å²) in [5.41, 5.74) is 0.776. The summed E-state index contributed by atoms with van der Waals surface area (Å²) in [5, 5.41) is 15.2. The molecular formula is C18H25Cl2N3OS. The number of H-pyrrole nitrogens is 1. The van der Waals surface area contributed by atoms with E-state index in [0.29, 0.717) is 14.8 Å². The SMILES string of the molecule is C[C@H](Cc1ccc(Cl)cc1Cl)C[C@H](C(O)C(C)(C)C)n1[nH]cnc1=S. The largest absolute Gasteiger partial charge is 0.390 e. The van der Waals surface area contributed by atoms with Gasteiger partial charge in [-0.15, -0.1) is 0 Å². The number of hydrogen-bond acceptors (Lipinski definition) is 3. The van der Waals surface area contributed by atoms with Crippen LogP contribution in [0.25, 0.3) is 0 Å². The number of rotatable bonds is 6. The summed E-state index contributed by atoms with van der Waals surface area (Å²) in [6.45, 7) is 8.20. The molecule has 2 rings (SSSR count). The average molecular weight is 402 g/mol. The Morgan fingerprint density at radius 3 is 2.52 bits per heavy atom. The molecule has 3 atom stereocenters. The number of aromatic amines is 1. The molecule has 7 heteroatoms. The number of nitrogens with one attached hydrogen (secondary N) is 1. The van der Waals surface area contributed by atoms with Crippen LogP contribution in [0.2, 0.25) is 10.0 Å². The number of halogens is 2. The van der Waals surface area contributed by atoms with E-state index in [9.17, 15) is 5.11 Å². The van der Waals surface area contributed by atoms with Crippen molar-refractivity contribution >= 4 is 35.4 Å².